The number of hydrogen-bond donors (Lipinski definition) is 1. The summed E-state index contributed by atoms with van der Waals surface area (Å²) in [5, 5.41) is 12.0. The van der Waals surface area contributed by atoms with Gasteiger partial charge in [-0.15, -0.1) is 0 Å². The molecule has 0 aliphatic carbocycles. The molecule has 0 aliphatic heterocycles. The molecule has 0 aliphatic rings. The van der Waals surface area contributed by atoms with Crippen molar-refractivity contribution in [3.05, 3.63) is 87.4 Å². The van der Waals surface area contributed by atoms with Crippen molar-refractivity contribution < 1.29 is 9.90 Å². The molecule has 3 aromatic carbocycles. The molecule has 4 rings (SSSR count). The highest BCUT2D eigenvalue weighted by molar-refractivity contribution is 7.98. The van der Waals surface area contributed by atoms with Gasteiger partial charge in [0.1, 0.15) is 0 Å². The zero-order valence-corrected chi connectivity index (χ0v) is 17.3. The summed E-state index contributed by atoms with van der Waals surface area (Å²) < 4.78 is 2.02. The van der Waals surface area contributed by atoms with Gasteiger partial charge in [0.05, 0.1) is 16.8 Å². The molecule has 0 saturated carbocycles. The molecule has 140 valence electrons. The van der Waals surface area contributed by atoms with Crippen LogP contribution in [0.5, 0.6) is 0 Å². The fraction of sp³-hybridized carbons (Fsp3) is 0. The lowest BCUT2D eigenvalue weighted by molar-refractivity contribution is 0.0697. The molecule has 0 atom stereocenters. The maximum atomic E-state index is 11.4. The number of carboxylic acid groups (broad SMARTS) is 1. The Kier molecular flexibility index (Phi) is 5.30. The minimum Gasteiger partial charge on any atom is -0.478 e. The van der Waals surface area contributed by atoms with Crippen LogP contribution in [0.4, 0.5) is 0 Å². The Bertz CT molecular complexity index is 1200. The first-order chi connectivity index (χ1) is 13.4. The minimum absolute atomic E-state index is 0.225. The van der Waals surface area contributed by atoms with Crippen LogP contribution in [0.25, 0.3) is 22.2 Å². The van der Waals surface area contributed by atoms with Crippen molar-refractivity contribution in [1.29, 1.82) is 0 Å². The Morgan fingerprint density at radius 2 is 1.61 bits per heavy atom. The number of fused-ring (bicyclic) bond motifs is 1. The standard InChI is InChI=1S/C21H12Cl3NO2S/c22-15-4-5-19-14(7-15)8-20(12-2-1-3-13(6-12)21(26)27)25(19)28-18-10-16(23)9-17(24)11-18/h1-11H,(H,26,27). The summed E-state index contributed by atoms with van der Waals surface area (Å²) in [6.45, 7) is 0. The van der Waals surface area contributed by atoms with Crippen molar-refractivity contribution >= 4 is 63.6 Å². The Hall–Kier alpha value is -2.11. The van der Waals surface area contributed by atoms with Crippen molar-refractivity contribution in [2.75, 3.05) is 0 Å². The Morgan fingerprint density at radius 3 is 2.32 bits per heavy atom. The van der Waals surface area contributed by atoms with Crippen molar-refractivity contribution in [3.8, 4) is 11.3 Å². The van der Waals surface area contributed by atoms with Crippen LogP contribution >= 0.6 is 46.8 Å². The summed E-state index contributed by atoms with van der Waals surface area (Å²) in [5.41, 5.74) is 2.80. The summed E-state index contributed by atoms with van der Waals surface area (Å²) in [6, 6.07) is 19.8. The first kappa shape index (κ1) is 19.2. The van der Waals surface area contributed by atoms with Gasteiger partial charge in [-0.1, -0.05) is 46.9 Å². The first-order valence-corrected chi connectivity index (χ1v) is 10.1. The molecule has 0 bridgehead atoms. The quantitative estimate of drug-likeness (QED) is 0.351. The highest BCUT2D eigenvalue weighted by Crippen LogP contribution is 2.37. The molecule has 7 heteroatoms. The molecule has 0 saturated heterocycles. The second-order valence-electron chi connectivity index (χ2n) is 6.11. The first-order valence-electron chi connectivity index (χ1n) is 8.20. The molecule has 0 fully saturated rings. The summed E-state index contributed by atoms with van der Waals surface area (Å²) in [5.74, 6) is -0.971. The smallest absolute Gasteiger partial charge is 0.335 e. The molecular weight excluding hydrogens is 437 g/mol. The van der Waals surface area contributed by atoms with Gasteiger partial charge in [-0.25, -0.2) is 4.79 Å². The predicted molar refractivity (Wildman–Crippen MR) is 117 cm³/mol. The normalized spacial score (nSPS) is 11.1. The van der Waals surface area contributed by atoms with E-state index in [4.69, 9.17) is 34.8 Å². The van der Waals surface area contributed by atoms with Gasteiger partial charge in [0, 0.05) is 25.3 Å². The van der Waals surface area contributed by atoms with E-state index in [9.17, 15) is 9.90 Å². The van der Waals surface area contributed by atoms with E-state index in [0.29, 0.717) is 15.1 Å². The maximum absolute atomic E-state index is 11.4. The number of aromatic carboxylic acids is 1. The second kappa shape index (κ2) is 7.72. The molecule has 0 spiro atoms. The number of carbonyl (C=O) groups is 1. The lowest BCUT2D eigenvalue weighted by atomic mass is 10.1. The molecule has 0 radical (unpaired) electrons. The number of halogens is 3. The summed E-state index contributed by atoms with van der Waals surface area (Å²) in [7, 11) is 0. The molecule has 1 aromatic heterocycles. The van der Waals surface area contributed by atoms with Crippen molar-refractivity contribution in [1.82, 2.24) is 3.97 Å². The zero-order chi connectivity index (χ0) is 19.8. The van der Waals surface area contributed by atoms with Gasteiger partial charge in [0.15, 0.2) is 0 Å². The van der Waals surface area contributed by atoms with E-state index in [1.165, 1.54) is 11.9 Å². The Morgan fingerprint density at radius 1 is 0.857 bits per heavy atom. The fourth-order valence-corrected chi connectivity index (χ4v) is 4.89. The van der Waals surface area contributed by atoms with Crippen LogP contribution in [0.15, 0.2) is 71.6 Å². The molecule has 1 N–H and O–H groups in total. The molecule has 4 aromatic rings. The van der Waals surface area contributed by atoms with E-state index >= 15 is 0 Å². The van der Waals surface area contributed by atoms with Gasteiger partial charge in [-0.2, -0.15) is 0 Å². The van der Waals surface area contributed by atoms with Crippen LogP contribution in [-0.4, -0.2) is 15.0 Å². The third kappa shape index (κ3) is 3.87. The largest absolute Gasteiger partial charge is 0.478 e. The Labute approximate surface area is 180 Å². The van der Waals surface area contributed by atoms with Gasteiger partial charge < -0.3 is 5.11 Å². The average molecular weight is 449 g/mol. The number of nitrogens with zero attached hydrogens (tertiary/aromatic N) is 1. The number of benzene rings is 3. The average Bonchev–Trinajstić information content (AvgIpc) is 2.98. The molecule has 0 amide bonds. The van der Waals surface area contributed by atoms with Gasteiger partial charge in [0.25, 0.3) is 0 Å². The van der Waals surface area contributed by atoms with E-state index in [-0.39, 0.29) is 5.56 Å². The van der Waals surface area contributed by atoms with Crippen LogP contribution in [0, 0.1) is 0 Å². The maximum Gasteiger partial charge on any atom is 0.335 e. The van der Waals surface area contributed by atoms with Crippen LogP contribution in [-0.2, 0) is 0 Å². The van der Waals surface area contributed by atoms with Gasteiger partial charge in [-0.05, 0) is 72.1 Å². The highest BCUT2D eigenvalue weighted by Gasteiger charge is 2.15. The minimum atomic E-state index is -0.971. The molecule has 0 unspecified atom stereocenters. The summed E-state index contributed by atoms with van der Waals surface area (Å²) in [6.07, 6.45) is 0. The summed E-state index contributed by atoms with van der Waals surface area (Å²) in [4.78, 5) is 12.3. The van der Waals surface area contributed by atoms with Gasteiger partial charge >= 0.3 is 5.97 Å². The third-order valence-corrected chi connectivity index (χ3v) is 5.85. The molecule has 28 heavy (non-hydrogen) atoms. The van der Waals surface area contributed by atoms with Crippen molar-refractivity contribution in [3.63, 3.8) is 0 Å². The topological polar surface area (TPSA) is 42.2 Å². The number of carboxylic acids is 1. The van der Waals surface area contributed by atoms with Crippen molar-refractivity contribution in [2.45, 2.75) is 4.90 Å². The molecular formula is C21H12Cl3NO2S. The number of aromatic nitrogens is 1. The monoisotopic (exact) mass is 447 g/mol. The van der Waals surface area contributed by atoms with Gasteiger partial charge in [-0.3, -0.25) is 3.97 Å². The van der Waals surface area contributed by atoms with E-state index in [2.05, 4.69) is 0 Å². The Balaban J connectivity index is 1.91. The van der Waals surface area contributed by atoms with Crippen LogP contribution in [0.1, 0.15) is 10.4 Å². The van der Waals surface area contributed by atoms with Crippen molar-refractivity contribution in [2.24, 2.45) is 0 Å². The van der Waals surface area contributed by atoms with E-state index in [1.807, 2.05) is 46.4 Å². The number of rotatable bonds is 4. The van der Waals surface area contributed by atoms with Crippen LogP contribution < -0.4 is 0 Å². The lowest BCUT2D eigenvalue weighted by Crippen LogP contribution is -1.97. The molecule has 1 heterocycles. The SMILES string of the molecule is O=C(O)c1cccc(-c2cc3cc(Cl)ccc3n2Sc2cc(Cl)cc(Cl)c2)c1. The summed E-state index contributed by atoms with van der Waals surface area (Å²) >= 11 is 19.9. The van der Waals surface area contributed by atoms with E-state index in [0.717, 1.165) is 27.1 Å². The highest BCUT2D eigenvalue weighted by atomic mass is 35.5. The van der Waals surface area contributed by atoms with Crippen LogP contribution in [0.3, 0.4) is 0 Å². The zero-order valence-electron chi connectivity index (χ0n) is 14.2. The fourth-order valence-electron chi connectivity index (χ4n) is 2.96. The number of hydrogen-bond acceptors (Lipinski definition) is 2. The molecule has 3 nitrogen and oxygen atoms in total. The van der Waals surface area contributed by atoms with Crippen LogP contribution in [0.2, 0.25) is 15.1 Å². The predicted octanol–water partition coefficient (Wildman–Crippen LogP) is 7.52. The van der Waals surface area contributed by atoms with E-state index in [1.54, 1.807) is 24.3 Å². The van der Waals surface area contributed by atoms with E-state index < -0.39 is 5.97 Å². The van der Waals surface area contributed by atoms with Gasteiger partial charge in [0.2, 0.25) is 0 Å². The lowest BCUT2D eigenvalue weighted by Gasteiger charge is -2.11. The second-order valence-corrected chi connectivity index (χ2v) is 8.44. The third-order valence-electron chi connectivity index (χ3n) is 4.16.